The molecule has 4 N–H and O–H groups in total. The Kier molecular flexibility index (Phi) is 31.5. The van der Waals surface area contributed by atoms with Crippen molar-refractivity contribution in [3.63, 3.8) is 0 Å². The molecule has 0 aromatic carbocycles. The molecule has 6 atom stereocenters. The molecule has 0 saturated carbocycles. The van der Waals surface area contributed by atoms with Crippen molar-refractivity contribution in [2.75, 3.05) is 19.8 Å². The maximum atomic E-state index is 12.7. The zero-order valence-electron chi connectivity index (χ0n) is 33.2. The zero-order chi connectivity index (χ0) is 39.5. The standard InChI is InChI=1S/C44H72O10/c1-3-5-7-9-11-13-15-17-18-19-20-21-23-25-27-29-31-33-40(47)53-37(36-52-44-43(50)42(49)41(48)38(34-45)54-44)35-51-39(46)32-30-28-26-24-22-16-14-12-10-8-6-4-2/h5,7,11-14,17-18,20-21,25,27,37-38,41-45,48-50H,3-4,6,8-10,15-16,19,22-24,26,28-36H2,1-2H3/b7-5+,13-11+,14-12+,18-17+,21-20+,27-25+/t37-,38-,41+,42?,43?,44-/m1/s1. The highest BCUT2D eigenvalue weighted by molar-refractivity contribution is 5.70. The van der Waals surface area contributed by atoms with Crippen LogP contribution in [0.5, 0.6) is 0 Å². The number of allylic oxidation sites excluding steroid dienone is 12. The van der Waals surface area contributed by atoms with E-state index in [4.69, 9.17) is 18.9 Å². The lowest BCUT2D eigenvalue weighted by Gasteiger charge is -2.39. The van der Waals surface area contributed by atoms with Crippen molar-refractivity contribution < 1.29 is 49.0 Å². The minimum Gasteiger partial charge on any atom is -0.462 e. The summed E-state index contributed by atoms with van der Waals surface area (Å²) in [5.41, 5.74) is 0. The third-order valence-electron chi connectivity index (χ3n) is 8.83. The first-order valence-corrected chi connectivity index (χ1v) is 20.5. The molecule has 0 bridgehead atoms. The molecule has 0 aromatic rings. The van der Waals surface area contributed by atoms with Crippen LogP contribution in [0.4, 0.5) is 0 Å². The van der Waals surface area contributed by atoms with Gasteiger partial charge in [0, 0.05) is 12.8 Å². The highest BCUT2D eigenvalue weighted by atomic mass is 16.7. The number of ether oxygens (including phenoxy) is 4. The van der Waals surface area contributed by atoms with Gasteiger partial charge in [-0.05, 0) is 77.0 Å². The van der Waals surface area contributed by atoms with Crippen molar-refractivity contribution in [3.8, 4) is 0 Å². The lowest BCUT2D eigenvalue weighted by atomic mass is 9.99. The molecule has 10 nitrogen and oxygen atoms in total. The summed E-state index contributed by atoms with van der Waals surface area (Å²) in [5, 5.41) is 40.0. The molecule has 1 saturated heterocycles. The molecule has 0 spiro atoms. The number of rotatable bonds is 32. The molecule has 308 valence electrons. The summed E-state index contributed by atoms with van der Waals surface area (Å²) in [6, 6.07) is 0. The van der Waals surface area contributed by atoms with Crippen LogP contribution in [0.15, 0.2) is 72.9 Å². The fourth-order valence-electron chi connectivity index (χ4n) is 5.57. The van der Waals surface area contributed by atoms with Gasteiger partial charge in [-0.3, -0.25) is 9.59 Å². The Labute approximate surface area is 325 Å². The third-order valence-corrected chi connectivity index (χ3v) is 8.83. The van der Waals surface area contributed by atoms with Crippen LogP contribution in [-0.2, 0) is 28.5 Å². The van der Waals surface area contributed by atoms with Gasteiger partial charge in [0.2, 0.25) is 0 Å². The minimum atomic E-state index is -1.61. The Hall–Kier alpha value is -2.86. The second-order valence-electron chi connectivity index (χ2n) is 13.7. The predicted octanol–water partition coefficient (Wildman–Crippen LogP) is 8.05. The highest BCUT2D eigenvalue weighted by Gasteiger charge is 2.44. The number of carbonyl (C=O) groups is 2. The van der Waals surface area contributed by atoms with Crippen LogP contribution in [0.2, 0.25) is 0 Å². The van der Waals surface area contributed by atoms with Gasteiger partial charge in [0.1, 0.15) is 31.0 Å². The van der Waals surface area contributed by atoms with Gasteiger partial charge < -0.3 is 39.4 Å². The maximum absolute atomic E-state index is 12.7. The molecule has 1 heterocycles. The Morgan fingerprint density at radius 3 is 1.72 bits per heavy atom. The molecule has 10 heteroatoms. The van der Waals surface area contributed by atoms with Gasteiger partial charge in [-0.1, -0.05) is 119 Å². The number of unbranched alkanes of at least 4 members (excludes halogenated alkanes) is 9. The molecular formula is C44H72O10. The average molecular weight is 761 g/mol. The summed E-state index contributed by atoms with van der Waals surface area (Å²) in [7, 11) is 0. The zero-order valence-corrected chi connectivity index (χ0v) is 33.2. The van der Waals surface area contributed by atoms with Crippen LogP contribution in [0, 0.1) is 0 Å². The molecule has 2 unspecified atom stereocenters. The van der Waals surface area contributed by atoms with Gasteiger partial charge in [-0.2, -0.15) is 0 Å². The molecule has 0 aliphatic carbocycles. The fourth-order valence-corrected chi connectivity index (χ4v) is 5.57. The summed E-state index contributed by atoms with van der Waals surface area (Å²) < 4.78 is 22.0. The number of aliphatic hydroxyl groups excluding tert-OH is 4. The van der Waals surface area contributed by atoms with E-state index < -0.39 is 55.4 Å². The summed E-state index contributed by atoms with van der Waals surface area (Å²) in [5.74, 6) is -0.895. The Morgan fingerprint density at radius 2 is 1.11 bits per heavy atom. The summed E-state index contributed by atoms with van der Waals surface area (Å²) >= 11 is 0. The molecule has 0 amide bonds. The smallest absolute Gasteiger partial charge is 0.306 e. The van der Waals surface area contributed by atoms with Gasteiger partial charge in [0.25, 0.3) is 0 Å². The van der Waals surface area contributed by atoms with Crippen molar-refractivity contribution in [1.29, 1.82) is 0 Å². The Bertz CT molecular complexity index is 1110. The Balaban J connectivity index is 2.44. The van der Waals surface area contributed by atoms with Crippen LogP contribution >= 0.6 is 0 Å². The van der Waals surface area contributed by atoms with Gasteiger partial charge in [-0.15, -0.1) is 0 Å². The van der Waals surface area contributed by atoms with Gasteiger partial charge in [0.05, 0.1) is 13.2 Å². The van der Waals surface area contributed by atoms with E-state index in [1.54, 1.807) is 0 Å². The third kappa shape index (κ3) is 26.0. The Morgan fingerprint density at radius 1 is 0.593 bits per heavy atom. The van der Waals surface area contributed by atoms with E-state index in [1.807, 2.05) is 6.08 Å². The highest BCUT2D eigenvalue weighted by Crippen LogP contribution is 2.22. The largest absolute Gasteiger partial charge is 0.462 e. The van der Waals surface area contributed by atoms with Gasteiger partial charge in [0.15, 0.2) is 12.4 Å². The minimum absolute atomic E-state index is 0.146. The van der Waals surface area contributed by atoms with Crippen LogP contribution in [-0.4, -0.2) is 89.0 Å². The number of hydrogen-bond acceptors (Lipinski definition) is 10. The van der Waals surface area contributed by atoms with Crippen LogP contribution in [0.3, 0.4) is 0 Å². The van der Waals surface area contributed by atoms with E-state index in [2.05, 4.69) is 80.7 Å². The quantitative estimate of drug-likeness (QED) is 0.0301. The summed E-state index contributed by atoms with van der Waals surface area (Å²) in [6.07, 6.45) is 34.9. The molecular weight excluding hydrogens is 688 g/mol. The maximum Gasteiger partial charge on any atom is 0.306 e. The van der Waals surface area contributed by atoms with E-state index in [1.165, 1.54) is 19.3 Å². The number of carbonyl (C=O) groups excluding carboxylic acids is 2. The van der Waals surface area contributed by atoms with Crippen LogP contribution in [0.1, 0.15) is 136 Å². The monoisotopic (exact) mass is 761 g/mol. The van der Waals surface area contributed by atoms with E-state index in [9.17, 15) is 30.0 Å². The first-order chi connectivity index (χ1) is 26.3. The number of hydrogen-bond donors (Lipinski definition) is 4. The SMILES string of the molecule is CC/C=C/C/C=C/C/C=C/C/C=C/C/C=C/CCCC(=O)O[C@H](COC(=O)CCCCCCC/C=C/CCCCC)CO[C@@H]1O[C@H](CO)[C@H](O)C(O)C1O. The van der Waals surface area contributed by atoms with Crippen molar-refractivity contribution in [1.82, 2.24) is 0 Å². The number of esters is 2. The molecule has 54 heavy (non-hydrogen) atoms. The van der Waals surface area contributed by atoms with Gasteiger partial charge in [-0.25, -0.2) is 0 Å². The normalized spacial score (nSPS) is 21.5. The van der Waals surface area contributed by atoms with E-state index >= 15 is 0 Å². The first-order valence-electron chi connectivity index (χ1n) is 20.5. The molecule has 0 aromatic heterocycles. The van der Waals surface area contributed by atoms with Crippen molar-refractivity contribution in [3.05, 3.63) is 72.9 Å². The average Bonchev–Trinajstić information content (AvgIpc) is 3.17. The lowest BCUT2D eigenvalue weighted by Crippen LogP contribution is -2.59. The summed E-state index contributed by atoms with van der Waals surface area (Å²) in [6.45, 7) is 3.19. The van der Waals surface area contributed by atoms with E-state index in [0.717, 1.165) is 70.6 Å². The van der Waals surface area contributed by atoms with Crippen LogP contribution < -0.4 is 0 Å². The topological polar surface area (TPSA) is 152 Å². The number of aliphatic hydroxyl groups is 4. The summed E-state index contributed by atoms with van der Waals surface area (Å²) in [4.78, 5) is 25.2. The van der Waals surface area contributed by atoms with Crippen LogP contribution in [0.25, 0.3) is 0 Å². The lowest BCUT2D eigenvalue weighted by molar-refractivity contribution is -0.305. The van der Waals surface area contributed by atoms with E-state index in [-0.39, 0.29) is 26.1 Å². The predicted molar refractivity (Wildman–Crippen MR) is 214 cm³/mol. The fraction of sp³-hybridized carbons (Fsp3) is 0.682. The first kappa shape index (κ1) is 49.2. The second kappa shape index (κ2) is 34.6. The molecule has 1 rings (SSSR count). The van der Waals surface area contributed by atoms with Crippen molar-refractivity contribution in [2.45, 2.75) is 173 Å². The molecule has 1 aliphatic rings. The second-order valence-corrected chi connectivity index (χ2v) is 13.7. The van der Waals surface area contributed by atoms with Crippen molar-refractivity contribution in [2.24, 2.45) is 0 Å². The molecule has 1 aliphatic heterocycles. The van der Waals surface area contributed by atoms with E-state index in [0.29, 0.717) is 19.3 Å². The van der Waals surface area contributed by atoms with Crippen molar-refractivity contribution >= 4 is 11.9 Å². The molecule has 0 radical (unpaired) electrons. The van der Waals surface area contributed by atoms with Gasteiger partial charge >= 0.3 is 11.9 Å². The molecule has 1 fully saturated rings.